The van der Waals surface area contributed by atoms with E-state index >= 15 is 0 Å². The van der Waals surface area contributed by atoms with Gasteiger partial charge in [-0.3, -0.25) is 4.68 Å². The Morgan fingerprint density at radius 2 is 2.05 bits per heavy atom. The average molecular weight is 540 g/mol. The van der Waals surface area contributed by atoms with E-state index in [1.807, 2.05) is 23.0 Å². The van der Waals surface area contributed by atoms with Crippen LogP contribution < -0.4 is 0 Å². The molecule has 0 aliphatic carbocycles. The maximum absolute atomic E-state index is 12.4. The second kappa shape index (κ2) is 10.0. The number of ether oxygens (including phenoxy) is 1. The third kappa shape index (κ3) is 5.07. The van der Waals surface area contributed by atoms with Gasteiger partial charge in [-0.25, -0.2) is 18.2 Å². The smallest absolute Gasteiger partial charge is 0.213 e. The third-order valence-corrected chi connectivity index (χ3v) is 10.6. The summed E-state index contributed by atoms with van der Waals surface area (Å²) in [5.41, 5.74) is 1.78. The van der Waals surface area contributed by atoms with Crippen molar-refractivity contribution in [2.24, 2.45) is 5.92 Å². The van der Waals surface area contributed by atoms with Crippen molar-refractivity contribution in [2.75, 3.05) is 25.4 Å². The van der Waals surface area contributed by atoms with Gasteiger partial charge >= 0.3 is 0 Å². The van der Waals surface area contributed by atoms with E-state index in [2.05, 4.69) is 40.6 Å². The highest BCUT2D eigenvalue weighted by Crippen LogP contribution is 2.41. The average Bonchev–Trinajstić information content (AvgIpc) is 3.47. The minimum atomic E-state index is -3.36. The monoisotopic (exact) mass is 539 g/mol. The topological polar surface area (TPSA) is 110 Å². The molecular formula is C25H33N7O3SSi. The zero-order valence-corrected chi connectivity index (χ0v) is 23.8. The summed E-state index contributed by atoms with van der Waals surface area (Å²) in [5.74, 6) is -0.452. The van der Waals surface area contributed by atoms with Gasteiger partial charge in [-0.05, 0) is 26.0 Å². The summed E-state index contributed by atoms with van der Waals surface area (Å²) in [6.07, 6.45) is 6.96. The van der Waals surface area contributed by atoms with E-state index in [0.29, 0.717) is 30.2 Å². The summed E-state index contributed by atoms with van der Waals surface area (Å²) in [5, 5.41) is 15.1. The van der Waals surface area contributed by atoms with Gasteiger partial charge in [-0.2, -0.15) is 14.7 Å². The Morgan fingerprint density at radius 3 is 2.68 bits per heavy atom. The molecule has 0 aromatic carbocycles. The van der Waals surface area contributed by atoms with Crippen LogP contribution in [0.4, 0.5) is 5.69 Å². The number of rotatable bonds is 10. The van der Waals surface area contributed by atoms with Crippen molar-refractivity contribution in [3.63, 3.8) is 0 Å². The van der Waals surface area contributed by atoms with Gasteiger partial charge in [0.05, 0.1) is 30.5 Å². The molecule has 1 aliphatic heterocycles. The number of fused-ring (bicyclic) bond motifs is 1. The number of aromatic nitrogens is 4. The van der Waals surface area contributed by atoms with Crippen molar-refractivity contribution < 1.29 is 13.2 Å². The van der Waals surface area contributed by atoms with Crippen LogP contribution in [0.25, 0.3) is 27.0 Å². The maximum Gasteiger partial charge on any atom is 0.213 e. The summed E-state index contributed by atoms with van der Waals surface area (Å²) in [4.78, 5) is 8.23. The minimum Gasteiger partial charge on any atom is -0.361 e. The van der Waals surface area contributed by atoms with E-state index in [9.17, 15) is 13.7 Å². The molecule has 0 amide bonds. The van der Waals surface area contributed by atoms with Crippen LogP contribution in [0, 0.1) is 23.8 Å². The van der Waals surface area contributed by atoms with Crippen LogP contribution in [0.3, 0.4) is 0 Å². The Bertz CT molecular complexity index is 1480. The van der Waals surface area contributed by atoms with Crippen LogP contribution in [-0.4, -0.2) is 65.6 Å². The second-order valence-corrected chi connectivity index (χ2v) is 18.7. The number of nitrogens with zero attached hydrogens (tertiary/aromatic N) is 7. The molecule has 37 heavy (non-hydrogen) atoms. The first-order chi connectivity index (χ1) is 17.5. The van der Waals surface area contributed by atoms with E-state index in [1.54, 1.807) is 30.9 Å². The first-order valence-electron chi connectivity index (χ1n) is 12.3. The lowest BCUT2D eigenvalue weighted by Gasteiger charge is -2.50. The van der Waals surface area contributed by atoms with Crippen LogP contribution in [0.5, 0.6) is 0 Å². The molecule has 0 saturated carbocycles. The van der Waals surface area contributed by atoms with Crippen LogP contribution in [0.2, 0.25) is 25.7 Å². The number of nitriles is 1. The van der Waals surface area contributed by atoms with Crippen LogP contribution >= 0.6 is 0 Å². The van der Waals surface area contributed by atoms with Gasteiger partial charge in [0.2, 0.25) is 15.7 Å². The van der Waals surface area contributed by atoms with Gasteiger partial charge in [-0.15, -0.1) is 0 Å². The SMILES string of the molecule is [C-]#[N+]c1cnc2c(ccn2COCC[Si](C)(C)C)c1-c1cnn(C2(C(C)C#N)CN(S(=O)(=O)CC)C2)c1. The Labute approximate surface area is 219 Å². The van der Waals surface area contributed by atoms with E-state index in [4.69, 9.17) is 11.3 Å². The molecule has 1 saturated heterocycles. The van der Waals surface area contributed by atoms with E-state index < -0.39 is 29.6 Å². The number of hydrogen-bond donors (Lipinski definition) is 0. The van der Waals surface area contributed by atoms with Crippen molar-refractivity contribution in [2.45, 2.75) is 51.8 Å². The fraction of sp³-hybridized carbons (Fsp3) is 0.520. The molecule has 3 aromatic rings. The number of pyridine rings is 1. The van der Waals surface area contributed by atoms with Gasteiger partial charge < -0.3 is 9.30 Å². The lowest BCUT2D eigenvalue weighted by atomic mass is 9.80. The number of hydrogen-bond acceptors (Lipinski definition) is 6. The summed E-state index contributed by atoms with van der Waals surface area (Å²) in [6.45, 7) is 19.5. The lowest BCUT2D eigenvalue weighted by Crippen LogP contribution is -2.67. The largest absolute Gasteiger partial charge is 0.361 e. The molecule has 1 unspecified atom stereocenters. The predicted molar refractivity (Wildman–Crippen MR) is 145 cm³/mol. The van der Waals surface area contributed by atoms with Crippen LogP contribution in [0.1, 0.15) is 13.8 Å². The van der Waals surface area contributed by atoms with Crippen LogP contribution in [-0.2, 0) is 27.0 Å². The second-order valence-electron chi connectivity index (χ2n) is 10.8. The minimum absolute atomic E-state index is 0.0105. The van der Waals surface area contributed by atoms with Crippen molar-refractivity contribution in [3.8, 4) is 17.2 Å². The molecule has 4 heterocycles. The summed E-state index contributed by atoms with van der Waals surface area (Å²) in [7, 11) is -4.55. The maximum atomic E-state index is 12.4. The van der Waals surface area contributed by atoms with Gasteiger partial charge in [0.25, 0.3) is 0 Å². The first kappa shape index (κ1) is 27.0. The Kier molecular flexibility index (Phi) is 7.32. The van der Waals surface area contributed by atoms with E-state index in [1.165, 1.54) is 4.31 Å². The molecule has 0 spiro atoms. The Hall–Kier alpha value is -3.03. The zero-order chi connectivity index (χ0) is 27.0. The third-order valence-electron chi connectivity index (χ3n) is 7.10. The molecule has 10 nitrogen and oxygen atoms in total. The molecule has 0 radical (unpaired) electrons. The highest BCUT2D eigenvalue weighted by molar-refractivity contribution is 7.89. The molecule has 0 N–H and O–H groups in total. The fourth-order valence-electron chi connectivity index (χ4n) is 4.54. The van der Waals surface area contributed by atoms with Gasteiger partial charge in [0.15, 0.2) is 0 Å². The van der Waals surface area contributed by atoms with Crippen molar-refractivity contribution >= 4 is 34.8 Å². The molecule has 1 atom stereocenters. The standard InChI is InChI=1S/C25H33N7O3SSi/c1-7-36(33,34)31-16-25(17-31,19(2)12-26)32-15-20(13-29-32)23-21-8-9-30(18-35-10-11-37(4,5)6)24(21)28-14-22(23)27-3/h8-9,13-15,19H,7,10-11,16-18H2,1-2,4-6H3. The van der Waals surface area contributed by atoms with Crippen molar-refractivity contribution in [1.29, 1.82) is 5.26 Å². The van der Waals surface area contributed by atoms with Crippen molar-refractivity contribution in [3.05, 3.63) is 42.3 Å². The molecule has 1 aliphatic rings. The van der Waals surface area contributed by atoms with Gasteiger partial charge in [0, 0.05) is 62.9 Å². The van der Waals surface area contributed by atoms with E-state index in [-0.39, 0.29) is 18.8 Å². The summed E-state index contributed by atoms with van der Waals surface area (Å²) < 4.78 is 35.7. The Morgan fingerprint density at radius 1 is 1.32 bits per heavy atom. The Balaban J connectivity index is 1.67. The molecular weight excluding hydrogens is 506 g/mol. The molecule has 12 heteroatoms. The highest BCUT2D eigenvalue weighted by atomic mass is 32.2. The molecule has 3 aromatic heterocycles. The van der Waals surface area contributed by atoms with Gasteiger partial charge in [-0.1, -0.05) is 19.6 Å². The fourth-order valence-corrected chi connectivity index (χ4v) is 6.50. The zero-order valence-electron chi connectivity index (χ0n) is 22.0. The molecule has 0 bridgehead atoms. The first-order valence-corrected chi connectivity index (χ1v) is 17.6. The summed E-state index contributed by atoms with van der Waals surface area (Å²) in [6, 6.07) is 5.28. The molecule has 4 rings (SSSR count). The predicted octanol–water partition coefficient (Wildman–Crippen LogP) is 4.28. The number of sulfonamides is 1. The normalized spacial score (nSPS) is 16.7. The molecule has 196 valence electrons. The lowest BCUT2D eigenvalue weighted by molar-refractivity contribution is 0.0357. The highest BCUT2D eigenvalue weighted by Gasteiger charge is 2.53. The van der Waals surface area contributed by atoms with E-state index in [0.717, 1.165) is 17.0 Å². The van der Waals surface area contributed by atoms with Crippen molar-refractivity contribution in [1.82, 2.24) is 23.6 Å². The van der Waals surface area contributed by atoms with Gasteiger partial charge in [0.1, 0.15) is 17.9 Å². The quantitative estimate of drug-likeness (QED) is 0.216. The molecule has 1 fully saturated rings. The van der Waals surface area contributed by atoms with Crippen LogP contribution in [0.15, 0.2) is 30.9 Å². The summed E-state index contributed by atoms with van der Waals surface area (Å²) >= 11 is 0.